The fourth-order valence-electron chi connectivity index (χ4n) is 2.75. The SMILES string of the molecule is CC1(C)COc2cc(Cl)c(C3CCCCN3)cc2OC1. The molecule has 3 rings (SSSR count). The Labute approximate surface area is 125 Å². The van der Waals surface area contributed by atoms with E-state index in [1.807, 2.05) is 6.07 Å². The van der Waals surface area contributed by atoms with Crippen molar-refractivity contribution in [1.82, 2.24) is 5.32 Å². The van der Waals surface area contributed by atoms with Crippen LogP contribution in [-0.4, -0.2) is 19.8 Å². The van der Waals surface area contributed by atoms with Gasteiger partial charge in [-0.25, -0.2) is 0 Å². The molecule has 20 heavy (non-hydrogen) atoms. The van der Waals surface area contributed by atoms with E-state index in [2.05, 4.69) is 25.2 Å². The summed E-state index contributed by atoms with van der Waals surface area (Å²) in [6.45, 7) is 6.66. The molecule has 4 heteroatoms. The van der Waals surface area contributed by atoms with Gasteiger partial charge < -0.3 is 14.8 Å². The second-order valence-electron chi connectivity index (χ2n) is 6.56. The van der Waals surface area contributed by atoms with Gasteiger partial charge in [-0.2, -0.15) is 0 Å². The number of halogens is 1. The maximum atomic E-state index is 6.44. The quantitative estimate of drug-likeness (QED) is 0.851. The molecule has 1 unspecified atom stereocenters. The molecule has 0 amide bonds. The van der Waals surface area contributed by atoms with Crippen LogP contribution in [0.5, 0.6) is 11.5 Å². The van der Waals surface area contributed by atoms with Gasteiger partial charge in [0, 0.05) is 22.5 Å². The van der Waals surface area contributed by atoms with Crippen LogP contribution in [0, 0.1) is 5.41 Å². The lowest BCUT2D eigenvalue weighted by molar-refractivity contribution is 0.140. The highest BCUT2D eigenvalue weighted by Gasteiger charge is 2.27. The number of hydrogen-bond acceptors (Lipinski definition) is 3. The van der Waals surface area contributed by atoms with Crippen molar-refractivity contribution in [2.75, 3.05) is 19.8 Å². The zero-order valence-electron chi connectivity index (χ0n) is 12.2. The Kier molecular flexibility index (Phi) is 3.83. The summed E-state index contributed by atoms with van der Waals surface area (Å²) in [5, 5.41) is 4.30. The Morgan fingerprint density at radius 1 is 1.15 bits per heavy atom. The number of ether oxygens (including phenoxy) is 2. The highest BCUT2D eigenvalue weighted by molar-refractivity contribution is 6.31. The van der Waals surface area contributed by atoms with E-state index in [0.29, 0.717) is 19.3 Å². The summed E-state index contributed by atoms with van der Waals surface area (Å²) in [6, 6.07) is 4.30. The number of fused-ring (bicyclic) bond motifs is 1. The molecule has 0 saturated carbocycles. The third-order valence-corrected chi connectivity index (χ3v) is 4.31. The van der Waals surface area contributed by atoms with E-state index in [1.54, 1.807) is 0 Å². The second-order valence-corrected chi connectivity index (χ2v) is 6.97. The third kappa shape index (κ3) is 2.89. The largest absolute Gasteiger partial charge is 0.489 e. The van der Waals surface area contributed by atoms with Crippen molar-refractivity contribution in [2.45, 2.75) is 39.2 Å². The van der Waals surface area contributed by atoms with Gasteiger partial charge in [-0.05, 0) is 31.0 Å². The van der Waals surface area contributed by atoms with Crippen molar-refractivity contribution in [2.24, 2.45) is 5.41 Å². The zero-order chi connectivity index (χ0) is 14.2. The van der Waals surface area contributed by atoms with E-state index >= 15 is 0 Å². The van der Waals surface area contributed by atoms with E-state index < -0.39 is 0 Å². The topological polar surface area (TPSA) is 30.5 Å². The smallest absolute Gasteiger partial charge is 0.162 e. The molecule has 0 radical (unpaired) electrons. The Bertz CT molecular complexity index is 495. The zero-order valence-corrected chi connectivity index (χ0v) is 12.9. The molecule has 2 aliphatic rings. The molecule has 0 bridgehead atoms. The minimum Gasteiger partial charge on any atom is -0.489 e. The molecular weight excluding hydrogens is 274 g/mol. The molecule has 2 aliphatic heterocycles. The number of rotatable bonds is 1. The Hall–Kier alpha value is -0.930. The first-order chi connectivity index (χ1) is 9.55. The number of nitrogens with one attached hydrogen (secondary N) is 1. The predicted molar refractivity (Wildman–Crippen MR) is 80.8 cm³/mol. The van der Waals surface area contributed by atoms with E-state index in [4.69, 9.17) is 21.1 Å². The molecule has 3 nitrogen and oxygen atoms in total. The standard InChI is InChI=1S/C16H22ClNO2/c1-16(2)9-19-14-7-11(13-5-3-4-6-18-13)12(17)8-15(14)20-10-16/h7-8,13,18H,3-6,9-10H2,1-2H3. The van der Waals surface area contributed by atoms with Gasteiger partial charge >= 0.3 is 0 Å². The average molecular weight is 296 g/mol. The van der Waals surface area contributed by atoms with Crippen molar-refractivity contribution in [3.05, 3.63) is 22.7 Å². The molecule has 1 aromatic carbocycles. The Morgan fingerprint density at radius 3 is 2.50 bits per heavy atom. The van der Waals surface area contributed by atoms with Crippen LogP contribution in [0.1, 0.15) is 44.7 Å². The molecule has 1 atom stereocenters. The highest BCUT2D eigenvalue weighted by Crippen LogP contribution is 2.40. The lowest BCUT2D eigenvalue weighted by Gasteiger charge is -2.25. The summed E-state index contributed by atoms with van der Waals surface area (Å²) in [6.07, 6.45) is 3.62. The molecule has 0 spiro atoms. The van der Waals surface area contributed by atoms with E-state index in [-0.39, 0.29) is 5.41 Å². The number of benzene rings is 1. The van der Waals surface area contributed by atoms with Crippen molar-refractivity contribution < 1.29 is 9.47 Å². The Morgan fingerprint density at radius 2 is 1.85 bits per heavy atom. The van der Waals surface area contributed by atoms with Crippen LogP contribution in [0.25, 0.3) is 0 Å². The lowest BCUT2D eigenvalue weighted by atomic mass is 9.96. The monoisotopic (exact) mass is 295 g/mol. The summed E-state index contributed by atoms with van der Waals surface area (Å²) >= 11 is 6.44. The highest BCUT2D eigenvalue weighted by atomic mass is 35.5. The van der Waals surface area contributed by atoms with Crippen molar-refractivity contribution in [3.8, 4) is 11.5 Å². The van der Waals surface area contributed by atoms with Crippen molar-refractivity contribution >= 4 is 11.6 Å². The molecule has 1 N–H and O–H groups in total. The molecule has 110 valence electrons. The van der Waals surface area contributed by atoms with Crippen LogP contribution in [-0.2, 0) is 0 Å². The third-order valence-electron chi connectivity index (χ3n) is 3.99. The maximum Gasteiger partial charge on any atom is 0.162 e. The first-order valence-corrected chi connectivity index (χ1v) is 7.75. The minimum atomic E-state index is 0.0226. The molecule has 1 aromatic rings. The Balaban J connectivity index is 1.89. The van der Waals surface area contributed by atoms with Gasteiger partial charge in [-0.15, -0.1) is 0 Å². The van der Waals surface area contributed by atoms with E-state index in [9.17, 15) is 0 Å². The number of piperidine rings is 1. The van der Waals surface area contributed by atoms with Crippen molar-refractivity contribution in [3.63, 3.8) is 0 Å². The molecular formula is C16H22ClNO2. The predicted octanol–water partition coefficient (Wildman–Crippen LogP) is 3.95. The summed E-state index contributed by atoms with van der Waals surface area (Å²) in [5.74, 6) is 1.59. The van der Waals surface area contributed by atoms with Crippen LogP contribution in [0.15, 0.2) is 12.1 Å². The average Bonchev–Trinajstić information content (AvgIpc) is 2.58. The van der Waals surface area contributed by atoms with Gasteiger partial charge in [0.05, 0.1) is 13.2 Å². The first-order valence-electron chi connectivity index (χ1n) is 7.38. The molecule has 0 aromatic heterocycles. The molecule has 2 heterocycles. The fourth-order valence-corrected chi connectivity index (χ4v) is 3.03. The second kappa shape index (κ2) is 5.45. The summed E-state index contributed by atoms with van der Waals surface area (Å²) in [7, 11) is 0. The van der Waals surface area contributed by atoms with Crippen LogP contribution in [0.2, 0.25) is 5.02 Å². The molecule has 1 fully saturated rings. The van der Waals surface area contributed by atoms with E-state index in [1.165, 1.54) is 12.8 Å². The fraction of sp³-hybridized carbons (Fsp3) is 0.625. The van der Waals surface area contributed by atoms with Gasteiger partial charge in [0.1, 0.15) is 0 Å². The van der Waals surface area contributed by atoms with Gasteiger partial charge in [-0.1, -0.05) is 31.9 Å². The molecule has 1 saturated heterocycles. The van der Waals surface area contributed by atoms with Gasteiger partial charge in [0.2, 0.25) is 0 Å². The van der Waals surface area contributed by atoms with Crippen LogP contribution >= 0.6 is 11.6 Å². The van der Waals surface area contributed by atoms with Crippen LogP contribution < -0.4 is 14.8 Å². The lowest BCUT2D eigenvalue weighted by Crippen LogP contribution is -2.27. The number of hydrogen-bond donors (Lipinski definition) is 1. The van der Waals surface area contributed by atoms with E-state index in [0.717, 1.165) is 35.1 Å². The normalized spacial score (nSPS) is 25.1. The minimum absolute atomic E-state index is 0.0226. The van der Waals surface area contributed by atoms with Gasteiger partial charge in [0.25, 0.3) is 0 Å². The maximum absolute atomic E-state index is 6.44. The van der Waals surface area contributed by atoms with Crippen LogP contribution in [0.3, 0.4) is 0 Å². The summed E-state index contributed by atoms with van der Waals surface area (Å²) < 4.78 is 11.8. The molecule has 0 aliphatic carbocycles. The van der Waals surface area contributed by atoms with Gasteiger partial charge in [0.15, 0.2) is 11.5 Å². The van der Waals surface area contributed by atoms with Crippen LogP contribution in [0.4, 0.5) is 0 Å². The van der Waals surface area contributed by atoms with Gasteiger partial charge in [-0.3, -0.25) is 0 Å². The summed E-state index contributed by atoms with van der Waals surface area (Å²) in [4.78, 5) is 0. The first kappa shape index (κ1) is 14.0. The van der Waals surface area contributed by atoms with Crippen molar-refractivity contribution in [1.29, 1.82) is 0 Å². The summed E-state index contributed by atoms with van der Waals surface area (Å²) in [5.41, 5.74) is 1.16.